The zero-order valence-electron chi connectivity index (χ0n) is 7.71. The van der Waals surface area contributed by atoms with Gasteiger partial charge in [0.15, 0.2) is 0 Å². The Labute approximate surface area is 80.9 Å². The van der Waals surface area contributed by atoms with Crippen LogP contribution in [-0.4, -0.2) is 13.0 Å². The summed E-state index contributed by atoms with van der Waals surface area (Å²) in [7, 11) is 1.48. The third-order valence-electron chi connectivity index (χ3n) is 2.31. The molecule has 1 heterocycles. The predicted molar refractivity (Wildman–Crippen MR) is 48.5 cm³/mol. The monoisotopic (exact) mass is 195 g/mol. The Morgan fingerprint density at radius 2 is 2.29 bits per heavy atom. The highest BCUT2D eigenvalue weighted by Crippen LogP contribution is 2.33. The molecule has 0 bridgehead atoms. The fourth-order valence-electron chi connectivity index (χ4n) is 1.57. The molecular weight excluding hydrogens is 185 g/mol. The van der Waals surface area contributed by atoms with Gasteiger partial charge in [-0.05, 0) is 12.1 Å². The van der Waals surface area contributed by atoms with E-state index in [4.69, 9.17) is 4.74 Å². The summed E-state index contributed by atoms with van der Waals surface area (Å²) in [6.07, 6.45) is 0.331. The lowest BCUT2D eigenvalue weighted by molar-refractivity contribution is -0.128. The molecule has 0 aromatic heterocycles. The van der Waals surface area contributed by atoms with E-state index < -0.39 is 0 Å². The molecule has 0 aliphatic carbocycles. The van der Waals surface area contributed by atoms with Crippen molar-refractivity contribution in [2.75, 3.05) is 7.11 Å². The van der Waals surface area contributed by atoms with Crippen LogP contribution in [0.3, 0.4) is 0 Å². The molecule has 3 nitrogen and oxygen atoms in total. The molecule has 1 fully saturated rings. The highest BCUT2D eigenvalue weighted by Gasteiger charge is 2.31. The van der Waals surface area contributed by atoms with Crippen LogP contribution in [0.5, 0.6) is 5.75 Å². The Morgan fingerprint density at radius 3 is 2.86 bits per heavy atom. The summed E-state index contributed by atoms with van der Waals surface area (Å²) in [6.45, 7) is 0. The van der Waals surface area contributed by atoms with Crippen LogP contribution in [0, 0.1) is 5.82 Å². The van der Waals surface area contributed by atoms with E-state index >= 15 is 0 Å². The van der Waals surface area contributed by atoms with Crippen molar-refractivity contribution in [2.24, 2.45) is 0 Å². The molecule has 74 valence electrons. The predicted octanol–water partition coefficient (Wildman–Crippen LogP) is 1.40. The smallest absolute Gasteiger partial charge is 0.222 e. The minimum Gasteiger partial charge on any atom is -0.496 e. The van der Waals surface area contributed by atoms with Crippen LogP contribution < -0.4 is 10.1 Å². The van der Waals surface area contributed by atoms with Gasteiger partial charge in [0.25, 0.3) is 0 Å². The maximum absolute atomic E-state index is 13.4. The third kappa shape index (κ3) is 1.32. The Bertz CT molecular complexity index is 370. The summed E-state index contributed by atoms with van der Waals surface area (Å²) in [5, 5.41) is 2.62. The summed E-state index contributed by atoms with van der Waals surface area (Å²) in [5.74, 6) is 0.0876. The van der Waals surface area contributed by atoms with Crippen molar-refractivity contribution in [3.63, 3.8) is 0 Å². The van der Waals surface area contributed by atoms with Crippen LogP contribution >= 0.6 is 0 Å². The number of ether oxygens (including phenoxy) is 1. The van der Waals surface area contributed by atoms with Gasteiger partial charge in [-0.1, -0.05) is 6.07 Å². The SMILES string of the molecule is COc1cccc(F)c1C1CC(=O)N1. The lowest BCUT2D eigenvalue weighted by Crippen LogP contribution is -2.41. The summed E-state index contributed by atoms with van der Waals surface area (Å²) in [4.78, 5) is 10.7. The standard InChI is InChI=1S/C10H10FNO2/c1-14-8-4-2-3-6(11)10(8)7-5-9(13)12-7/h2-4,7H,5H2,1H3,(H,12,13). The molecule has 14 heavy (non-hydrogen) atoms. The fourth-order valence-corrected chi connectivity index (χ4v) is 1.57. The number of β-lactam (4-membered cyclic amide) rings is 1. The van der Waals surface area contributed by atoms with Crippen LogP contribution in [0.15, 0.2) is 18.2 Å². The number of methoxy groups -OCH3 is 1. The van der Waals surface area contributed by atoms with Gasteiger partial charge in [-0.15, -0.1) is 0 Å². The van der Waals surface area contributed by atoms with Gasteiger partial charge in [0, 0.05) is 0 Å². The van der Waals surface area contributed by atoms with Crippen molar-refractivity contribution in [3.05, 3.63) is 29.6 Å². The summed E-state index contributed by atoms with van der Waals surface area (Å²) < 4.78 is 18.4. The number of hydrogen-bond donors (Lipinski definition) is 1. The molecule has 1 unspecified atom stereocenters. The Hall–Kier alpha value is -1.58. The second-order valence-electron chi connectivity index (χ2n) is 3.18. The molecule has 1 aromatic rings. The molecule has 1 atom stereocenters. The quantitative estimate of drug-likeness (QED) is 0.724. The number of carbonyl (C=O) groups excluding carboxylic acids is 1. The van der Waals surface area contributed by atoms with Crippen molar-refractivity contribution < 1.29 is 13.9 Å². The number of halogens is 1. The first-order valence-electron chi connectivity index (χ1n) is 4.34. The van der Waals surface area contributed by atoms with Crippen molar-refractivity contribution in [1.29, 1.82) is 0 Å². The zero-order chi connectivity index (χ0) is 10.1. The van der Waals surface area contributed by atoms with E-state index in [1.165, 1.54) is 13.2 Å². The van der Waals surface area contributed by atoms with Crippen LogP contribution in [0.4, 0.5) is 4.39 Å². The van der Waals surface area contributed by atoms with Crippen LogP contribution in [0.1, 0.15) is 18.0 Å². The second kappa shape index (κ2) is 3.29. The number of hydrogen-bond acceptors (Lipinski definition) is 2. The van der Waals surface area contributed by atoms with E-state index in [1.54, 1.807) is 12.1 Å². The highest BCUT2D eigenvalue weighted by molar-refractivity contribution is 5.83. The highest BCUT2D eigenvalue weighted by atomic mass is 19.1. The van der Waals surface area contributed by atoms with Crippen LogP contribution in [0.25, 0.3) is 0 Å². The summed E-state index contributed by atoms with van der Waals surface area (Å²) in [5.41, 5.74) is 0.439. The van der Waals surface area contributed by atoms with E-state index in [2.05, 4.69) is 5.32 Å². The molecule has 1 N–H and O–H groups in total. The Kier molecular flexibility index (Phi) is 2.11. The van der Waals surface area contributed by atoms with Gasteiger partial charge >= 0.3 is 0 Å². The number of rotatable bonds is 2. The number of carbonyl (C=O) groups is 1. The lowest BCUT2D eigenvalue weighted by atomic mass is 9.96. The van der Waals surface area contributed by atoms with Gasteiger partial charge in [0.2, 0.25) is 5.91 Å². The van der Waals surface area contributed by atoms with Crippen molar-refractivity contribution >= 4 is 5.91 Å². The molecule has 1 aliphatic rings. The molecule has 0 saturated carbocycles. The Balaban J connectivity index is 2.35. The minimum atomic E-state index is -0.339. The fraction of sp³-hybridized carbons (Fsp3) is 0.300. The van der Waals surface area contributed by atoms with E-state index in [0.717, 1.165) is 0 Å². The molecule has 1 amide bonds. The molecule has 0 spiro atoms. The van der Waals surface area contributed by atoms with Gasteiger partial charge in [-0.25, -0.2) is 4.39 Å². The number of amides is 1. The van der Waals surface area contributed by atoms with Crippen LogP contribution in [-0.2, 0) is 4.79 Å². The Morgan fingerprint density at radius 1 is 1.57 bits per heavy atom. The van der Waals surface area contributed by atoms with Crippen molar-refractivity contribution in [3.8, 4) is 5.75 Å². The van der Waals surface area contributed by atoms with Crippen molar-refractivity contribution in [1.82, 2.24) is 5.32 Å². The second-order valence-corrected chi connectivity index (χ2v) is 3.18. The third-order valence-corrected chi connectivity index (χ3v) is 2.31. The summed E-state index contributed by atoms with van der Waals surface area (Å²) >= 11 is 0. The summed E-state index contributed by atoms with van der Waals surface area (Å²) in [6, 6.07) is 4.39. The number of nitrogens with one attached hydrogen (secondary N) is 1. The first-order valence-corrected chi connectivity index (χ1v) is 4.34. The van der Waals surface area contributed by atoms with E-state index in [1.807, 2.05) is 0 Å². The normalized spacial score (nSPS) is 19.9. The largest absolute Gasteiger partial charge is 0.496 e. The molecule has 1 aliphatic heterocycles. The van der Waals surface area contributed by atoms with E-state index in [0.29, 0.717) is 17.7 Å². The lowest BCUT2D eigenvalue weighted by Gasteiger charge is -2.28. The first kappa shape index (κ1) is 8.99. The molecular formula is C10H10FNO2. The van der Waals surface area contributed by atoms with Crippen LogP contribution in [0.2, 0.25) is 0 Å². The maximum atomic E-state index is 13.4. The number of benzene rings is 1. The van der Waals surface area contributed by atoms with Gasteiger partial charge in [-0.3, -0.25) is 4.79 Å². The molecule has 1 saturated heterocycles. The minimum absolute atomic E-state index is 0.0553. The topological polar surface area (TPSA) is 38.3 Å². The van der Waals surface area contributed by atoms with Gasteiger partial charge in [-0.2, -0.15) is 0 Å². The van der Waals surface area contributed by atoms with Gasteiger partial charge in [0.05, 0.1) is 25.1 Å². The molecule has 0 radical (unpaired) electrons. The van der Waals surface area contributed by atoms with Gasteiger partial charge < -0.3 is 10.1 Å². The van der Waals surface area contributed by atoms with E-state index in [-0.39, 0.29) is 17.8 Å². The van der Waals surface area contributed by atoms with Crippen molar-refractivity contribution in [2.45, 2.75) is 12.5 Å². The van der Waals surface area contributed by atoms with E-state index in [9.17, 15) is 9.18 Å². The average molecular weight is 195 g/mol. The first-order chi connectivity index (χ1) is 6.72. The molecule has 4 heteroatoms. The van der Waals surface area contributed by atoms with Gasteiger partial charge in [0.1, 0.15) is 11.6 Å². The molecule has 2 rings (SSSR count). The average Bonchev–Trinajstić information content (AvgIpc) is 2.13. The molecule has 1 aromatic carbocycles. The zero-order valence-corrected chi connectivity index (χ0v) is 7.71. The maximum Gasteiger partial charge on any atom is 0.222 e.